The maximum atomic E-state index is 10.5. The third kappa shape index (κ3) is 2.79. The molecule has 70 valence electrons. The van der Waals surface area contributed by atoms with Crippen LogP contribution < -0.4 is 5.73 Å². The Morgan fingerprint density at radius 2 is 2.25 bits per heavy atom. The van der Waals surface area contributed by atoms with Crippen molar-refractivity contribution < 1.29 is 14.6 Å². The van der Waals surface area contributed by atoms with Crippen molar-refractivity contribution >= 4 is 5.97 Å². The van der Waals surface area contributed by atoms with E-state index in [2.05, 4.69) is 0 Å². The smallest absolute Gasteiger partial charge is 0.305 e. The number of hydrogen-bond donors (Lipinski definition) is 2. The molecule has 0 aromatic heterocycles. The highest BCUT2D eigenvalue weighted by Crippen LogP contribution is 2.21. The molecule has 1 rings (SSSR count). The largest absolute Gasteiger partial charge is 0.481 e. The lowest BCUT2D eigenvalue weighted by Crippen LogP contribution is -2.42. The number of hydrogen-bond acceptors (Lipinski definition) is 3. The SMILES string of the molecule is NC1(CC(=O)O)CCCOCC1. The molecule has 0 aliphatic carbocycles. The molecule has 0 amide bonds. The van der Waals surface area contributed by atoms with Crippen molar-refractivity contribution in [1.29, 1.82) is 0 Å². The molecular weight excluding hydrogens is 158 g/mol. The number of aliphatic carboxylic acids is 1. The highest BCUT2D eigenvalue weighted by molar-refractivity contribution is 5.68. The average Bonchev–Trinajstić information content (AvgIpc) is 2.12. The van der Waals surface area contributed by atoms with Gasteiger partial charge in [0.1, 0.15) is 0 Å². The second-order valence-electron chi connectivity index (χ2n) is 3.40. The molecule has 4 nitrogen and oxygen atoms in total. The van der Waals surface area contributed by atoms with Crippen LogP contribution in [0.15, 0.2) is 0 Å². The van der Waals surface area contributed by atoms with Crippen LogP contribution in [0.25, 0.3) is 0 Å². The molecule has 1 heterocycles. The lowest BCUT2D eigenvalue weighted by Gasteiger charge is -2.24. The summed E-state index contributed by atoms with van der Waals surface area (Å²) in [4.78, 5) is 10.5. The van der Waals surface area contributed by atoms with E-state index >= 15 is 0 Å². The van der Waals surface area contributed by atoms with Gasteiger partial charge in [-0.1, -0.05) is 0 Å². The minimum atomic E-state index is -0.820. The van der Waals surface area contributed by atoms with Gasteiger partial charge in [-0.2, -0.15) is 0 Å². The van der Waals surface area contributed by atoms with E-state index in [-0.39, 0.29) is 6.42 Å². The quantitative estimate of drug-likeness (QED) is 0.632. The van der Waals surface area contributed by atoms with E-state index in [0.717, 1.165) is 12.8 Å². The summed E-state index contributed by atoms with van der Waals surface area (Å²) in [7, 11) is 0. The molecule has 1 saturated heterocycles. The zero-order valence-corrected chi connectivity index (χ0v) is 7.08. The van der Waals surface area contributed by atoms with Gasteiger partial charge < -0.3 is 15.6 Å². The van der Waals surface area contributed by atoms with E-state index in [1.165, 1.54) is 0 Å². The highest BCUT2D eigenvalue weighted by atomic mass is 16.5. The summed E-state index contributed by atoms with van der Waals surface area (Å²) in [5.74, 6) is -0.820. The molecule has 0 spiro atoms. The van der Waals surface area contributed by atoms with Gasteiger partial charge in [0.25, 0.3) is 0 Å². The van der Waals surface area contributed by atoms with Crippen molar-refractivity contribution in [2.45, 2.75) is 31.2 Å². The zero-order valence-electron chi connectivity index (χ0n) is 7.08. The first-order valence-corrected chi connectivity index (χ1v) is 4.21. The van der Waals surface area contributed by atoms with E-state index in [0.29, 0.717) is 19.6 Å². The Labute approximate surface area is 71.7 Å². The number of carboxylic acid groups (broad SMARTS) is 1. The molecule has 0 radical (unpaired) electrons. The van der Waals surface area contributed by atoms with Gasteiger partial charge in [-0.3, -0.25) is 4.79 Å². The standard InChI is InChI=1S/C8H15NO3/c9-8(6-7(10)11)2-1-4-12-5-3-8/h1-6,9H2,(H,10,11). The predicted octanol–water partition coefficient (Wildman–Crippen LogP) is 0.359. The van der Waals surface area contributed by atoms with Gasteiger partial charge in [-0.25, -0.2) is 0 Å². The van der Waals surface area contributed by atoms with Crippen molar-refractivity contribution in [3.63, 3.8) is 0 Å². The fraction of sp³-hybridized carbons (Fsp3) is 0.875. The fourth-order valence-corrected chi connectivity index (χ4v) is 1.51. The zero-order chi connectivity index (χ0) is 9.03. The van der Waals surface area contributed by atoms with Crippen LogP contribution >= 0.6 is 0 Å². The van der Waals surface area contributed by atoms with Crippen molar-refractivity contribution in [3.05, 3.63) is 0 Å². The molecule has 1 aliphatic rings. The number of carbonyl (C=O) groups is 1. The van der Waals surface area contributed by atoms with Gasteiger partial charge in [0.15, 0.2) is 0 Å². The minimum Gasteiger partial charge on any atom is -0.481 e. The van der Waals surface area contributed by atoms with Crippen molar-refractivity contribution in [1.82, 2.24) is 0 Å². The van der Waals surface area contributed by atoms with Gasteiger partial charge in [-0.05, 0) is 19.3 Å². The monoisotopic (exact) mass is 173 g/mol. The first-order chi connectivity index (χ1) is 5.62. The molecular formula is C8H15NO3. The molecule has 1 unspecified atom stereocenters. The van der Waals surface area contributed by atoms with E-state index in [1.54, 1.807) is 0 Å². The first kappa shape index (κ1) is 9.48. The van der Waals surface area contributed by atoms with Crippen LogP contribution in [0.5, 0.6) is 0 Å². The normalized spacial score (nSPS) is 31.1. The van der Waals surface area contributed by atoms with Crippen LogP contribution in [-0.4, -0.2) is 29.8 Å². The maximum absolute atomic E-state index is 10.5. The summed E-state index contributed by atoms with van der Waals surface area (Å²) >= 11 is 0. The predicted molar refractivity (Wildman–Crippen MR) is 43.8 cm³/mol. The Kier molecular flexibility index (Phi) is 3.05. The molecule has 1 atom stereocenters. The molecule has 12 heavy (non-hydrogen) atoms. The van der Waals surface area contributed by atoms with Crippen molar-refractivity contribution in [2.24, 2.45) is 5.73 Å². The summed E-state index contributed by atoms with van der Waals surface area (Å²) in [5.41, 5.74) is 5.36. The average molecular weight is 173 g/mol. The van der Waals surface area contributed by atoms with E-state index in [4.69, 9.17) is 15.6 Å². The van der Waals surface area contributed by atoms with Crippen LogP contribution in [0.4, 0.5) is 0 Å². The summed E-state index contributed by atoms with van der Waals surface area (Å²) in [6.07, 6.45) is 2.32. The van der Waals surface area contributed by atoms with Gasteiger partial charge in [0.2, 0.25) is 0 Å². The molecule has 3 N–H and O–H groups in total. The summed E-state index contributed by atoms with van der Waals surface area (Å²) in [6, 6.07) is 0. The topological polar surface area (TPSA) is 72.6 Å². The molecule has 1 aliphatic heterocycles. The molecule has 0 saturated carbocycles. The number of rotatable bonds is 2. The Balaban J connectivity index is 2.48. The highest BCUT2D eigenvalue weighted by Gasteiger charge is 2.28. The Bertz CT molecular complexity index is 162. The molecule has 0 bridgehead atoms. The molecule has 0 aromatic carbocycles. The summed E-state index contributed by atoms with van der Waals surface area (Å²) < 4.78 is 5.20. The Morgan fingerprint density at radius 3 is 2.92 bits per heavy atom. The second-order valence-corrected chi connectivity index (χ2v) is 3.40. The Morgan fingerprint density at radius 1 is 1.50 bits per heavy atom. The van der Waals surface area contributed by atoms with E-state index in [1.807, 2.05) is 0 Å². The third-order valence-electron chi connectivity index (χ3n) is 2.21. The molecule has 0 aromatic rings. The van der Waals surface area contributed by atoms with Gasteiger partial charge in [0, 0.05) is 18.8 Å². The van der Waals surface area contributed by atoms with Gasteiger partial charge >= 0.3 is 5.97 Å². The van der Waals surface area contributed by atoms with Crippen molar-refractivity contribution in [2.75, 3.05) is 13.2 Å². The molecule has 1 fully saturated rings. The lowest BCUT2D eigenvalue weighted by atomic mass is 9.88. The van der Waals surface area contributed by atoms with E-state index in [9.17, 15) is 4.79 Å². The lowest BCUT2D eigenvalue weighted by molar-refractivity contribution is -0.138. The summed E-state index contributed by atoms with van der Waals surface area (Å²) in [5, 5.41) is 8.60. The van der Waals surface area contributed by atoms with Crippen molar-refractivity contribution in [3.8, 4) is 0 Å². The third-order valence-corrected chi connectivity index (χ3v) is 2.21. The van der Waals surface area contributed by atoms with Gasteiger partial charge in [0.05, 0.1) is 6.42 Å². The fourth-order valence-electron chi connectivity index (χ4n) is 1.51. The number of carboxylic acids is 1. The van der Waals surface area contributed by atoms with Crippen LogP contribution in [-0.2, 0) is 9.53 Å². The van der Waals surface area contributed by atoms with Crippen LogP contribution in [0.1, 0.15) is 25.7 Å². The maximum Gasteiger partial charge on any atom is 0.305 e. The first-order valence-electron chi connectivity index (χ1n) is 4.21. The number of ether oxygens (including phenoxy) is 1. The van der Waals surface area contributed by atoms with Gasteiger partial charge in [-0.15, -0.1) is 0 Å². The summed E-state index contributed by atoms with van der Waals surface area (Å²) in [6.45, 7) is 1.29. The minimum absolute atomic E-state index is 0.0519. The second kappa shape index (κ2) is 3.87. The van der Waals surface area contributed by atoms with Crippen LogP contribution in [0, 0.1) is 0 Å². The number of nitrogens with two attached hydrogens (primary N) is 1. The molecule has 4 heteroatoms. The van der Waals surface area contributed by atoms with E-state index < -0.39 is 11.5 Å². The Hall–Kier alpha value is -0.610. The van der Waals surface area contributed by atoms with Crippen LogP contribution in [0.3, 0.4) is 0 Å². The van der Waals surface area contributed by atoms with Crippen LogP contribution in [0.2, 0.25) is 0 Å².